The molecule has 1 saturated carbocycles. The number of aryl methyl sites for hydroxylation is 1. The number of aromatic nitrogens is 3. The highest BCUT2D eigenvalue weighted by atomic mass is 16.5. The number of piperidine rings is 1. The smallest absolute Gasteiger partial charge is 0.228 e. The molecule has 8 heteroatoms. The molecular formula is C24H27N5O3. The summed E-state index contributed by atoms with van der Waals surface area (Å²) in [6.45, 7) is 3.47. The maximum Gasteiger partial charge on any atom is 0.228 e. The zero-order valence-corrected chi connectivity index (χ0v) is 18.1. The lowest BCUT2D eigenvalue weighted by Crippen LogP contribution is -2.56. The van der Waals surface area contributed by atoms with Gasteiger partial charge in [-0.25, -0.2) is 4.98 Å². The van der Waals surface area contributed by atoms with Crippen LogP contribution >= 0.6 is 0 Å². The van der Waals surface area contributed by atoms with Crippen LogP contribution in [0.25, 0.3) is 16.8 Å². The molecule has 2 aliphatic heterocycles. The van der Waals surface area contributed by atoms with Crippen molar-refractivity contribution in [3.05, 3.63) is 42.5 Å². The zero-order valence-electron chi connectivity index (χ0n) is 18.1. The molecule has 2 bridgehead atoms. The third-order valence-corrected chi connectivity index (χ3v) is 6.46. The molecule has 3 aliphatic rings. The van der Waals surface area contributed by atoms with Crippen LogP contribution in [0.4, 0.5) is 5.82 Å². The van der Waals surface area contributed by atoms with E-state index in [1.165, 1.54) is 0 Å². The van der Waals surface area contributed by atoms with E-state index in [1.807, 2.05) is 42.0 Å². The number of amides is 1. The lowest BCUT2D eigenvalue weighted by Gasteiger charge is -2.40. The number of rotatable bonds is 5. The van der Waals surface area contributed by atoms with Crippen molar-refractivity contribution in [2.24, 2.45) is 5.92 Å². The minimum atomic E-state index is 0.0613. The fourth-order valence-electron chi connectivity index (χ4n) is 4.71. The number of pyridine rings is 2. The van der Waals surface area contributed by atoms with E-state index in [2.05, 4.69) is 26.7 Å². The standard InChI is InChI=1S/C24H27N5O3/c1-14-6-20(21(9-25-14)32-19-7-17-12-31-13-18(8-19)26-17)16-4-5-23-27-22(11-29(23)10-16)28-24(30)15-2-3-15/h4-6,9-11,15,17-19,26H,2-3,7-8,12-13H2,1H3,(H,28,30)/t17-,18+,19?. The van der Waals surface area contributed by atoms with E-state index in [0.29, 0.717) is 17.9 Å². The third-order valence-electron chi connectivity index (χ3n) is 6.46. The largest absolute Gasteiger partial charge is 0.488 e. The molecule has 3 atom stereocenters. The number of carbonyl (C=O) groups is 1. The van der Waals surface area contributed by atoms with Crippen molar-refractivity contribution < 1.29 is 14.3 Å². The number of nitrogens with one attached hydrogen (secondary N) is 2. The molecule has 8 nitrogen and oxygen atoms in total. The maximum atomic E-state index is 12.1. The van der Waals surface area contributed by atoms with E-state index in [9.17, 15) is 4.79 Å². The maximum absolute atomic E-state index is 12.1. The van der Waals surface area contributed by atoms with Crippen LogP contribution in [0.5, 0.6) is 5.75 Å². The number of hydrogen-bond donors (Lipinski definition) is 2. The van der Waals surface area contributed by atoms with Crippen LogP contribution in [-0.2, 0) is 9.53 Å². The van der Waals surface area contributed by atoms with Crippen LogP contribution in [0.1, 0.15) is 31.4 Å². The Morgan fingerprint density at radius 2 is 2.03 bits per heavy atom. The Hall–Kier alpha value is -2.97. The molecule has 1 amide bonds. The molecule has 1 unspecified atom stereocenters. The fourth-order valence-corrected chi connectivity index (χ4v) is 4.71. The van der Waals surface area contributed by atoms with Gasteiger partial charge in [0.15, 0.2) is 5.82 Å². The summed E-state index contributed by atoms with van der Waals surface area (Å²) in [6.07, 6.45) is 9.66. The third kappa shape index (κ3) is 3.96. The van der Waals surface area contributed by atoms with Crippen molar-refractivity contribution in [1.29, 1.82) is 0 Å². The van der Waals surface area contributed by atoms with Crippen LogP contribution < -0.4 is 15.4 Å². The van der Waals surface area contributed by atoms with Crippen molar-refractivity contribution in [1.82, 2.24) is 19.7 Å². The Kier molecular flexibility index (Phi) is 4.84. The molecule has 6 rings (SSSR count). The van der Waals surface area contributed by atoms with E-state index in [-0.39, 0.29) is 17.9 Å². The van der Waals surface area contributed by atoms with E-state index in [1.54, 1.807) is 0 Å². The molecule has 5 heterocycles. The normalized spacial score (nSPS) is 25.0. The number of fused-ring (bicyclic) bond motifs is 3. The predicted octanol–water partition coefficient (Wildman–Crippen LogP) is 2.95. The number of ether oxygens (including phenoxy) is 2. The minimum absolute atomic E-state index is 0.0613. The van der Waals surface area contributed by atoms with Gasteiger partial charge in [-0.1, -0.05) is 0 Å². The molecule has 3 aromatic heterocycles. The number of anilines is 1. The summed E-state index contributed by atoms with van der Waals surface area (Å²) in [5, 5.41) is 6.53. The Morgan fingerprint density at radius 1 is 1.22 bits per heavy atom. The molecule has 166 valence electrons. The molecule has 0 aromatic carbocycles. The van der Waals surface area contributed by atoms with Crippen LogP contribution in [0.2, 0.25) is 0 Å². The van der Waals surface area contributed by atoms with Gasteiger partial charge in [-0.15, -0.1) is 0 Å². The molecule has 0 radical (unpaired) electrons. The van der Waals surface area contributed by atoms with Gasteiger partial charge in [0, 0.05) is 53.9 Å². The van der Waals surface area contributed by atoms with Crippen molar-refractivity contribution in [2.45, 2.75) is 50.8 Å². The predicted molar refractivity (Wildman–Crippen MR) is 120 cm³/mol. The molecule has 2 N–H and O–H groups in total. The first-order valence-corrected chi connectivity index (χ1v) is 11.4. The van der Waals surface area contributed by atoms with Gasteiger partial charge in [0.2, 0.25) is 5.91 Å². The molecule has 3 aromatic rings. The van der Waals surface area contributed by atoms with Gasteiger partial charge in [0.25, 0.3) is 0 Å². The quantitative estimate of drug-likeness (QED) is 0.643. The minimum Gasteiger partial charge on any atom is -0.488 e. The highest BCUT2D eigenvalue weighted by Gasteiger charge is 2.33. The molecule has 3 fully saturated rings. The average Bonchev–Trinajstić information content (AvgIpc) is 3.55. The van der Waals surface area contributed by atoms with Crippen molar-refractivity contribution >= 4 is 17.4 Å². The van der Waals surface area contributed by atoms with Gasteiger partial charge < -0.3 is 24.5 Å². The fraction of sp³-hybridized carbons (Fsp3) is 0.458. The number of carbonyl (C=O) groups excluding carboxylic acids is 1. The number of hydrogen-bond acceptors (Lipinski definition) is 6. The topological polar surface area (TPSA) is 89.8 Å². The number of nitrogens with zero attached hydrogens (tertiary/aromatic N) is 3. The number of morpholine rings is 1. The van der Waals surface area contributed by atoms with Gasteiger partial charge in [0.05, 0.1) is 25.6 Å². The van der Waals surface area contributed by atoms with E-state index < -0.39 is 0 Å². The van der Waals surface area contributed by atoms with Gasteiger partial charge in [-0.05, 0) is 38.0 Å². The zero-order chi connectivity index (χ0) is 21.7. The van der Waals surface area contributed by atoms with Crippen LogP contribution in [-0.4, -0.2) is 51.7 Å². The first kappa shape index (κ1) is 19.7. The van der Waals surface area contributed by atoms with E-state index in [4.69, 9.17) is 9.47 Å². The van der Waals surface area contributed by atoms with E-state index in [0.717, 1.165) is 67.1 Å². The SMILES string of the molecule is Cc1cc(-c2ccc3nc(NC(=O)C4CC4)cn3c2)c(OC2C[C@H]3COC[C@@H](C2)N3)cn1. The van der Waals surface area contributed by atoms with Gasteiger partial charge in [0.1, 0.15) is 17.5 Å². The highest BCUT2D eigenvalue weighted by molar-refractivity contribution is 5.93. The summed E-state index contributed by atoms with van der Waals surface area (Å²) in [4.78, 5) is 21.1. The summed E-state index contributed by atoms with van der Waals surface area (Å²) in [7, 11) is 0. The molecule has 32 heavy (non-hydrogen) atoms. The first-order valence-electron chi connectivity index (χ1n) is 11.4. The Balaban J connectivity index is 1.27. The lowest BCUT2D eigenvalue weighted by molar-refractivity contribution is -0.117. The van der Waals surface area contributed by atoms with Crippen LogP contribution in [0.3, 0.4) is 0 Å². The second-order valence-corrected chi connectivity index (χ2v) is 9.20. The molecule has 1 aliphatic carbocycles. The Labute approximate surface area is 186 Å². The second-order valence-electron chi connectivity index (χ2n) is 9.20. The van der Waals surface area contributed by atoms with Gasteiger partial charge >= 0.3 is 0 Å². The van der Waals surface area contributed by atoms with Crippen molar-refractivity contribution in [2.75, 3.05) is 18.5 Å². The van der Waals surface area contributed by atoms with Gasteiger partial charge in [-0.2, -0.15) is 0 Å². The van der Waals surface area contributed by atoms with Crippen LogP contribution in [0.15, 0.2) is 36.8 Å². The molecule has 2 saturated heterocycles. The number of imidazole rings is 1. The monoisotopic (exact) mass is 433 g/mol. The summed E-state index contributed by atoms with van der Waals surface area (Å²) in [5.41, 5.74) is 3.76. The second kappa shape index (κ2) is 7.86. The molecule has 0 spiro atoms. The summed E-state index contributed by atoms with van der Waals surface area (Å²) < 4.78 is 14.1. The van der Waals surface area contributed by atoms with Crippen molar-refractivity contribution in [3.8, 4) is 16.9 Å². The Morgan fingerprint density at radius 3 is 2.81 bits per heavy atom. The van der Waals surface area contributed by atoms with E-state index >= 15 is 0 Å². The lowest BCUT2D eigenvalue weighted by atomic mass is 9.94. The van der Waals surface area contributed by atoms with Gasteiger partial charge in [-0.3, -0.25) is 9.78 Å². The van der Waals surface area contributed by atoms with Crippen molar-refractivity contribution in [3.63, 3.8) is 0 Å². The summed E-state index contributed by atoms with van der Waals surface area (Å²) >= 11 is 0. The Bertz CT molecular complexity index is 1160. The summed E-state index contributed by atoms with van der Waals surface area (Å²) in [5.74, 6) is 1.59. The summed E-state index contributed by atoms with van der Waals surface area (Å²) in [6, 6.07) is 6.77. The highest BCUT2D eigenvalue weighted by Crippen LogP contribution is 2.34. The van der Waals surface area contributed by atoms with Crippen LogP contribution in [0, 0.1) is 12.8 Å². The first-order chi connectivity index (χ1) is 15.6. The average molecular weight is 434 g/mol. The molecular weight excluding hydrogens is 406 g/mol.